The maximum atomic E-state index is 13.7. The van der Waals surface area contributed by atoms with E-state index in [4.69, 9.17) is 13.6 Å². The van der Waals surface area contributed by atoms with Gasteiger partial charge in [-0.25, -0.2) is 4.98 Å². The number of halogens is 1. The van der Waals surface area contributed by atoms with Gasteiger partial charge in [-0.2, -0.15) is 0 Å². The summed E-state index contributed by atoms with van der Waals surface area (Å²) >= 11 is 3.45. The largest absolute Gasteiger partial charge is 0.494 e. The van der Waals surface area contributed by atoms with Crippen LogP contribution in [-0.4, -0.2) is 17.4 Å². The molecule has 3 aromatic carbocycles. The van der Waals surface area contributed by atoms with Gasteiger partial charge in [0.25, 0.3) is 0 Å². The number of rotatable bonds is 9. The van der Waals surface area contributed by atoms with Gasteiger partial charge >= 0.3 is 0 Å². The number of nitrogens with zero attached hydrogens (tertiary/aromatic N) is 1. The molecule has 36 heavy (non-hydrogen) atoms. The molecule has 0 fully saturated rings. The van der Waals surface area contributed by atoms with Crippen molar-refractivity contribution < 1.29 is 18.4 Å². The van der Waals surface area contributed by atoms with Crippen molar-refractivity contribution in [2.75, 3.05) is 6.61 Å². The first-order chi connectivity index (χ1) is 17.6. The van der Waals surface area contributed by atoms with E-state index in [1.54, 1.807) is 18.2 Å². The summed E-state index contributed by atoms with van der Waals surface area (Å²) in [7, 11) is 0. The van der Waals surface area contributed by atoms with Gasteiger partial charge in [0.1, 0.15) is 22.8 Å². The Hall–Kier alpha value is -3.90. The number of ketones is 1. The van der Waals surface area contributed by atoms with Crippen LogP contribution in [0.2, 0.25) is 0 Å². The number of benzene rings is 3. The first kappa shape index (κ1) is 23.8. The van der Waals surface area contributed by atoms with E-state index < -0.39 is 0 Å². The highest BCUT2D eigenvalue weighted by atomic mass is 79.9. The summed E-state index contributed by atoms with van der Waals surface area (Å²) in [4.78, 5) is 18.2. The summed E-state index contributed by atoms with van der Waals surface area (Å²) in [5.74, 6) is 1.98. The Morgan fingerprint density at radius 2 is 1.72 bits per heavy atom. The Kier molecular flexibility index (Phi) is 7.14. The number of oxazole rings is 1. The van der Waals surface area contributed by atoms with E-state index in [-0.39, 0.29) is 11.7 Å². The standard InChI is InChI=1S/C30H24BrNO4/c1-2-3-18-34-23-14-10-21(11-15-23)29(33)25(30-32-26-6-4-5-7-28(26)36-30)19-24-16-17-27(35-24)20-8-12-22(31)13-9-20/h4-17,19H,2-3,18H2,1H3/b25-19-. The van der Waals surface area contributed by atoms with Crippen molar-refractivity contribution in [3.63, 3.8) is 0 Å². The maximum Gasteiger partial charge on any atom is 0.231 e. The van der Waals surface area contributed by atoms with Crippen molar-refractivity contribution in [1.29, 1.82) is 0 Å². The highest BCUT2D eigenvalue weighted by Gasteiger charge is 2.21. The van der Waals surface area contributed by atoms with Crippen molar-refractivity contribution in [1.82, 2.24) is 4.98 Å². The molecule has 5 aromatic rings. The number of Topliss-reactive ketones (excluding diaryl/α,β-unsaturated/α-hetero) is 1. The first-order valence-corrected chi connectivity index (χ1v) is 12.6. The molecule has 5 nitrogen and oxygen atoms in total. The lowest BCUT2D eigenvalue weighted by Gasteiger charge is -2.07. The summed E-state index contributed by atoms with van der Waals surface area (Å²) in [6, 6.07) is 26.1. The molecule has 0 saturated heterocycles. The average molecular weight is 542 g/mol. The number of hydrogen-bond acceptors (Lipinski definition) is 5. The zero-order valence-electron chi connectivity index (χ0n) is 19.7. The zero-order valence-corrected chi connectivity index (χ0v) is 21.3. The SMILES string of the molecule is CCCCOc1ccc(C(=O)/C(=C/c2ccc(-c3ccc(Br)cc3)o2)c2nc3ccccc3o2)cc1. The summed E-state index contributed by atoms with van der Waals surface area (Å²) in [5, 5.41) is 0. The second-order valence-electron chi connectivity index (χ2n) is 8.31. The molecule has 0 atom stereocenters. The number of hydrogen-bond donors (Lipinski definition) is 0. The molecule has 0 radical (unpaired) electrons. The van der Waals surface area contributed by atoms with Crippen LogP contribution in [-0.2, 0) is 0 Å². The Morgan fingerprint density at radius 3 is 2.47 bits per heavy atom. The van der Waals surface area contributed by atoms with Crippen molar-refractivity contribution in [3.05, 3.63) is 107 Å². The number of fused-ring (bicyclic) bond motifs is 1. The van der Waals surface area contributed by atoms with Crippen LogP contribution in [0.5, 0.6) is 5.75 Å². The van der Waals surface area contributed by atoms with Gasteiger partial charge in [-0.1, -0.05) is 53.5 Å². The van der Waals surface area contributed by atoms with Crippen LogP contribution in [0.25, 0.3) is 34.1 Å². The van der Waals surface area contributed by atoms with Gasteiger partial charge in [0.05, 0.1) is 12.2 Å². The van der Waals surface area contributed by atoms with Gasteiger partial charge in [-0.05, 0) is 73.2 Å². The topological polar surface area (TPSA) is 65.5 Å². The summed E-state index contributed by atoms with van der Waals surface area (Å²) in [5.41, 5.74) is 3.04. The molecule has 0 amide bonds. The average Bonchev–Trinajstić information content (AvgIpc) is 3.55. The lowest BCUT2D eigenvalue weighted by atomic mass is 10.0. The van der Waals surface area contributed by atoms with Gasteiger partial charge in [0, 0.05) is 15.6 Å². The number of carbonyl (C=O) groups excluding carboxylic acids is 1. The van der Waals surface area contributed by atoms with E-state index in [0.717, 1.165) is 28.6 Å². The van der Waals surface area contributed by atoms with E-state index in [2.05, 4.69) is 27.8 Å². The van der Waals surface area contributed by atoms with E-state index in [1.807, 2.05) is 72.8 Å². The molecule has 0 saturated carbocycles. The van der Waals surface area contributed by atoms with E-state index in [0.29, 0.717) is 40.4 Å². The predicted octanol–water partition coefficient (Wildman–Crippen LogP) is 8.45. The number of unbranched alkanes of at least 4 members (excludes halogenated alkanes) is 1. The first-order valence-electron chi connectivity index (χ1n) is 11.8. The van der Waals surface area contributed by atoms with Crippen LogP contribution in [0.15, 0.2) is 98.2 Å². The molecule has 180 valence electrons. The number of furan rings is 1. The number of para-hydroxylation sites is 2. The molecule has 5 rings (SSSR count). The molecule has 2 aromatic heterocycles. The zero-order chi connectivity index (χ0) is 24.9. The van der Waals surface area contributed by atoms with Gasteiger partial charge in [0.2, 0.25) is 5.89 Å². The number of aromatic nitrogens is 1. The molecule has 0 aliphatic rings. The lowest BCUT2D eigenvalue weighted by Crippen LogP contribution is -2.04. The normalized spacial score (nSPS) is 11.7. The number of ether oxygens (including phenoxy) is 1. The van der Waals surface area contributed by atoms with Gasteiger partial charge in [-0.15, -0.1) is 0 Å². The van der Waals surface area contributed by atoms with Crippen LogP contribution in [0.4, 0.5) is 0 Å². The molecule has 6 heteroatoms. The van der Waals surface area contributed by atoms with Crippen molar-refractivity contribution in [2.24, 2.45) is 0 Å². The molecular weight excluding hydrogens is 518 g/mol. The third-order valence-corrected chi connectivity index (χ3v) is 6.22. The molecule has 0 bridgehead atoms. The molecule has 0 N–H and O–H groups in total. The number of carbonyl (C=O) groups is 1. The molecular formula is C30H24BrNO4. The van der Waals surface area contributed by atoms with Gasteiger partial charge in [-0.3, -0.25) is 4.79 Å². The van der Waals surface area contributed by atoms with Crippen LogP contribution in [0.1, 0.15) is 41.8 Å². The Bertz CT molecular complexity index is 1480. The summed E-state index contributed by atoms with van der Waals surface area (Å²) < 4.78 is 18.8. The van der Waals surface area contributed by atoms with E-state index in [9.17, 15) is 4.79 Å². The van der Waals surface area contributed by atoms with Crippen molar-refractivity contribution in [3.8, 4) is 17.1 Å². The third kappa shape index (κ3) is 5.34. The summed E-state index contributed by atoms with van der Waals surface area (Å²) in [6.45, 7) is 2.77. The second-order valence-corrected chi connectivity index (χ2v) is 9.22. The smallest absolute Gasteiger partial charge is 0.231 e. The fourth-order valence-corrected chi connectivity index (χ4v) is 4.01. The quantitative estimate of drug-likeness (QED) is 0.106. The Morgan fingerprint density at radius 1 is 0.944 bits per heavy atom. The molecule has 2 heterocycles. The third-order valence-electron chi connectivity index (χ3n) is 5.69. The fourth-order valence-electron chi connectivity index (χ4n) is 3.75. The molecule has 0 unspecified atom stereocenters. The van der Waals surface area contributed by atoms with Crippen LogP contribution in [0.3, 0.4) is 0 Å². The minimum absolute atomic E-state index is 0.219. The predicted molar refractivity (Wildman–Crippen MR) is 145 cm³/mol. The molecule has 0 aliphatic carbocycles. The van der Waals surface area contributed by atoms with Gasteiger partial charge < -0.3 is 13.6 Å². The second kappa shape index (κ2) is 10.8. The molecule has 0 spiro atoms. The van der Waals surface area contributed by atoms with Crippen LogP contribution in [0, 0.1) is 0 Å². The molecule has 0 aliphatic heterocycles. The lowest BCUT2D eigenvalue weighted by molar-refractivity contribution is 0.105. The van der Waals surface area contributed by atoms with Crippen molar-refractivity contribution in [2.45, 2.75) is 19.8 Å². The highest BCUT2D eigenvalue weighted by Crippen LogP contribution is 2.30. The maximum absolute atomic E-state index is 13.7. The fraction of sp³-hybridized carbons (Fsp3) is 0.133. The Labute approximate surface area is 217 Å². The van der Waals surface area contributed by atoms with E-state index in [1.165, 1.54) is 0 Å². The van der Waals surface area contributed by atoms with Crippen LogP contribution < -0.4 is 4.74 Å². The monoisotopic (exact) mass is 541 g/mol. The summed E-state index contributed by atoms with van der Waals surface area (Å²) in [6.07, 6.45) is 3.73. The van der Waals surface area contributed by atoms with Crippen LogP contribution >= 0.6 is 15.9 Å². The highest BCUT2D eigenvalue weighted by molar-refractivity contribution is 9.10. The van der Waals surface area contributed by atoms with Gasteiger partial charge in [0.15, 0.2) is 11.4 Å². The minimum atomic E-state index is -0.219. The number of allylic oxidation sites excluding steroid dienone is 1. The Balaban J connectivity index is 1.50. The van der Waals surface area contributed by atoms with Crippen molar-refractivity contribution >= 4 is 44.5 Å². The minimum Gasteiger partial charge on any atom is -0.494 e. The van der Waals surface area contributed by atoms with E-state index >= 15 is 0 Å².